The van der Waals surface area contributed by atoms with Gasteiger partial charge in [-0.15, -0.1) is 0 Å². The summed E-state index contributed by atoms with van der Waals surface area (Å²) in [6.45, 7) is 6.08. The first-order valence-electron chi connectivity index (χ1n) is 5.79. The zero-order valence-corrected chi connectivity index (χ0v) is 9.78. The van der Waals surface area contributed by atoms with E-state index in [0.29, 0.717) is 5.92 Å². The number of hydrogen-bond acceptors (Lipinski definition) is 3. The fourth-order valence-electron chi connectivity index (χ4n) is 2.35. The molecule has 4 heteroatoms. The summed E-state index contributed by atoms with van der Waals surface area (Å²) < 4.78 is 0. The summed E-state index contributed by atoms with van der Waals surface area (Å²) in [5.41, 5.74) is 11.4. The highest BCUT2D eigenvalue weighted by atomic mass is 16.1. The number of amides is 1. The van der Waals surface area contributed by atoms with E-state index >= 15 is 0 Å². The molecule has 1 amide bonds. The van der Waals surface area contributed by atoms with Gasteiger partial charge in [0.2, 0.25) is 5.91 Å². The largest absolute Gasteiger partial charge is 0.368 e. The van der Waals surface area contributed by atoms with Crippen LogP contribution in [-0.2, 0) is 4.79 Å². The van der Waals surface area contributed by atoms with Crippen LogP contribution in [0.4, 0.5) is 0 Å². The molecule has 2 atom stereocenters. The van der Waals surface area contributed by atoms with E-state index in [1.165, 1.54) is 0 Å². The van der Waals surface area contributed by atoms with Crippen molar-refractivity contribution in [1.82, 2.24) is 4.90 Å². The minimum absolute atomic E-state index is 0.0804. The molecular formula is C11H23N3O. The van der Waals surface area contributed by atoms with E-state index in [0.717, 1.165) is 32.4 Å². The van der Waals surface area contributed by atoms with Crippen molar-refractivity contribution in [2.24, 2.45) is 17.4 Å². The predicted octanol–water partition coefficient (Wildman–Crippen LogP) is 0.310. The van der Waals surface area contributed by atoms with Crippen molar-refractivity contribution in [3.63, 3.8) is 0 Å². The van der Waals surface area contributed by atoms with Crippen molar-refractivity contribution in [2.45, 2.75) is 45.2 Å². The van der Waals surface area contributed by atoms with Crippen molar-refractivity contribution in [3.05, 3.63) is 0 Å². The Morgan fingerprint density at radius 2 is 2.20 bits per heavy atom. The second kappa shape index (κ2) is 5.47. The van der Waals surface area contributed by atoms with Crippen molar-refractivity contribution >= 4 is 5.91 Å². The van der Waals surface area contributed by atoms with Crippen molar-refractivity contribution in [3.8, 4) is 0 Å². The third kappa shape index (κ3) is 3.80. The molecule has 0 spiro atoms. The maximum Gasteiger partial charge on any atom is 0.234 e. The number of primary amides is 1. The molecule has 1 aliphatic heterocycles. The zero-order valence-electron chi connectivity index (χ0n) is 9.78. The summed E-state index contributed by atoms with van der Waals surface area (Å²) >= 11 is 0. The fourth-order valence-corrected chi connectivity index (χ4v) is 2.35. The van der Waals surface area contributed by atoms with Gasteiger partial charge in [0.05, 0.1) is 6.04 Å². The summed E-state index contributed by atoms with van der Waals surface area (Å²) in [7, 11) is 0. The van der Waals surface area contributed by atoms with Crippen LogP contribution in [0.15, 0.2) is 0 Å². The molecule has 4 N–H and O–H groups in total. The lowest BCUT2D eigenvalue weighted by molar-refractivity contribution is -0.122. The van der Waals surface area contributed by atoms with Gasteiger partial charge < -0.3 is 11.5 Å². The number of rotatable bonds is 5. The Hall–Kier alpha value is -0.610. The molecule has 15 heavy (non-hydrogen) atoms. The van der Waals surface area contributed by atoms with Crippen LogP contribution >= 0.6 is 0 Å². The maximum atomic E-state index is 11.2. The number of hydrogen-bond donors (Lipinski definition) is 2. The van der Waals surface area contributed by atoms with Crippen molar-refractivity contribution in [1.29, 1.82) is 0 Å². The molecule has 0 aliphatic carbocycles. The molecule has 0 unspecified atom stereocenters. The summed E-state index contributed by atoms with van der Waals surface area (Å²) in [6.07, 6.45) is 2.95. The average molecular weight is 213 g/mol. The highest BCUT2D eigenvalue weighted by Gasteiger charge is 2.29. The van der Waals surface area contributed by atoms with E-state index in [-0.39, 0.29) is 18.0 Å². The maximum absolute atomic E-state index is 11.2. The van der Waals surface area contributed by atoms with Gasteiger partial charge in [-0.05, 0) is 31.7 Å². The lowest BCUT2D eigenvalue weighted by Crippen LogP contribution is -2.46. The molecular weight excluding hydrogens is 190 g/mol. The quantitative estimate of drug-likeness (QED) is 0.690. The van der Waals surface area contributed by atoms with Crippen LogP contribution in [0.5, 0.6) is 0 Å². The summed E-state index contributed by atoms with van der Waals surface area (Å²) in [5, 5.41) is 0. The van der Waals surface area contributed by atoms with Crippen LogP contribution in [0.1, 0.15) is 33.1 Å². The molecule has 1 fully saturated rings. The molecule has 1 aliphatic rings. The third-order valence-corrected chi connectivity index (χ3v) is 2.94. The van der Waals surface area contributed by atoms with E-state index in [9.17, 15) is 4.79 Å². The van der Waals surface area contributed by atoms with Gasteiger partial charge in [-0.1, -0.05) is 13.8 Å². The molecule has 0 aromatic rings. The Labute approximate surface area is 92.0 Å². The monoisotopic (exact) mass is 213 g/mol. The first-order chi connectivity index (χ1) is 7.00. The molecule has 1 heterocycles. The van der Waals surface area contributed by atoms with Crippen molar-refractivity contribution in [2.75, 3.05) is 13.1 Å². The van der Waals surface area contributed by atoms with E-state index in [4.69, 9.17) is 11.5 Å². The molecule has 4 nitrogen and oxygen atoms in total. The number of nitrogens with two attached hydrogens (primary N) is 2. The summed E-state index contributed by atoms with van der Waals surface area (Å²) in [6, 6.07) is 0.0770. The molecule has 1 rings (SSSR count). The predicted molar refractivity (Wildman–Crippen MR) is 61.2 cm³/mol. The average Bonchev–Trinajstić information content (AvgIpc) is 2.50. The third-order valence-electron chi connectivity index (χ3n) is 2.94. The van der Waals surface area contributed by atoms with E-state index in [1.807, 2.05) is 0 Å². The number of likely N-dealkylation sites (tertiary alicyclic amines) is 1. The summed E-state index contributed by atoms with van der Waals surface area (Å²) in [4.78, 5) is 13.3. The molecule has 0 aromatic heterocycles. The molecule has 0 radical (unpaired) electrons. The van der Waals surface area contributed by atoms with Gasteiger partial charge >= 0.3 is 0 Å². The highest BCUT2D eigenvalue weighted by molar-refractivity contribution is 5.80. The zero-order chi connectivity index (χ0) is 11.4. The Morgan fingerprint density at radius 1 is 1.53 bits per heavy atom. The number of carbonyl (C=O) groups excluding carboxylic acids is 1. The van der Waals surface area contributed by atoms with Crippen LogP contribution in [0.2, 0.25) is 0 Å². The van der Waals surface area contributed by atoms with Gasteiger partial charge in [0.1, 0.15) is 0 Å². The van der Waals surface area contributed by atoms with Gasteiger partial charge in [-0.25, -0.2) is 0 Å². The number of carbonyl (C=O) groups is 1. The van der Waals surface area contributed by atoms with Gasteiger partial charge in [0, 0.05) is 12.6 Å². The van der Waals surface area contributed by atoms with Gasteiger partial charge in [-0.3, -0.25) is 9.69 Å². The minimum atomic E-state index is -0.204. The highest BCUT2D eigenvalue weighted by Crippen LogP contribution is 2.17. The van der Waals surface area contributed by atoms with E-state index in [1.54, 1.807) is 0 Å². The molecule has 88 valence electrons. The van der Waals surface area contributed by atoms with Crippen LogP contribution in [0.3, 0.4) is 0 Å². The Balaban J connectivity index is 2.39. The Kier molecular flexibility index (Phi) is 4.54. The fraction of sp³-hybridized carbons (Fsp3) is 0.909. The van der Waals surface area contributed by atoms with Crippen LogP contribution in [0, 0.1) is 5.92 Å². The Morgan fingerprint density at radius 3 is 2.73 bits per heavy atom. The minimum Gasteiger partial charge on any atom is -0.368 e. The normalized spacial score (nSPS) is 24.7. The topological polar surface area (TPSA) is 72.3 Å². The van der Waals surface area contributed by atoms with E-state index in [2.05, 4.69) is 18.7 Å². The van der Waals surface area contributed by atoms with Gasteiger partial charge in [0.15, 0.2) is 0 Å². The standard InChI is InChI=1S/C11H23N3O/c1-8(2)6-9(12)7-14-5-3-4-10(14)11(13)15/h8-10H,3-7,12H2,1-2H3,(H2,13,15)/t9-,10-/m0/s1. The number of nitrogens with zero attached hydrogens (tertiary/aromatic N) is 1. The van der Waals surface area contributed by atoms with E-state index < -0.39 is 0 Å². The molecule has 0 bridgehead atoms. The van der Waals surface area contributed by atoms with Gasteiger partial charge in [-0.2, -0.15) is 0 Å². The second-order valence-corrected chi connectivity index (χ2v) is 4.94. The lowest BCUT2D eigenvalue weighted by Gasteiger charge is -2.25. The van der Waals surface area contributed by atoms with Gasteiger partial charge in [0.25, 0.3) is 0 Å². The van der Waals surface area contributed by atoms with Crippen LogP contribution in [-0.4, -0.2) is 36.0 Å². The second-order valence-electron chi connectivity index (χ2n) is 4.94. The Bertz CT molecular complexity index is 218. The first-order valence-corrected chi connectivity index (χ1v) is 5.79. The summed E-state index contributed by atoms with van der Waals surface area (Å²) in [5.74, 6) is 0.402. The van der Waals surface area contributed by atoms with Crippen molar-refractivity contribution < 1.29 is 4.79 Å². The molecule has 0 aromatic carbocycles. The molecule has 0 saturated carbocycles. The lowest BCUT2D eigenvalue weighted by atomic mass is 10.0. The van der Waals surface area contributed by atoms with Crippen LogP contribution in [0.25, 0.3) is 0 Å². The molecule has 1 saturated heterocycles. The first kappa shape index (κ1) is 12.5. The smallest absolute Gasteiger partial charge is 0.234 e. The van der Waals surface area contributed by atoms with Crippen LogP contribution < -0.4 is 11.5 Å². The SMILES string of the molecule is CC(C)C[C@H](N)CN1CCC[C@H]1C(N)=O.